The van der Waals surface area contributed by atoms with Crippen LogP contribution in [0.25, 0.3) is 16.6 Å². The van der Waals surface area contributed by atoms with Gasteiger partial charge in [0.2, 0.25) is 0 Å². The minimum absolute atomic E-state index is 0.476. The summed E-state index contributed by atoms with van der Waals surface area (Å²) < 4.78 is 1.78. The molecule has 35 heavy (non-hydrogen) atoms. The maximum Gasteiger partial charge on any atom is 0.155 e. The Kier molecular flexibility index (Phi) is 5.50. The van der Waals surface area contributed by atoms with Crippen LogP contribution in [-0.4, -0.2) is 50.2 Å². The lowest BCUT2D eigenvalue weighted by Gasteiger charge is -2.33. The largest absolute Gasteiger partial charge is 0.369 e. The van der Waals surface area contributed by atoms with Gasteiger partial charge in [0.15, 0.2) is 5.65 Å². The van der Waals surface area contributed by atoms with Crippen LogP contribution in [0.2, 0.25) is 0 Å². The highest BCUT2D eigenvalue weighted by Gasteiger charge is 2.17. The molecule has 5 aromatic rings. The standard InChI is InChI=1S/C27H28N8/c1-18-11-22(4-3-21(18)12-20-7-9-35-26(13-20)30-17-32-35)33-27-24-14-23(5-6-25(24)29-16-31-27)34-10-8-28-19(2)15-34/h3-7,9,11,13-14,16-17,19,28H,8,10,12,15H2,1-2H3,(H,29,31,33). The molecule has 1 aliphatic heterocycles. The minimum Gasteiger partial charge on any atom is -0.369 e. The van der Waals surface area contributed by atoms with Crippen LogP contribution >= 0.6 is 0 Å². The number of hydrogen-bond acceptors (Lipinski definition) is 7. The van der Waals surface area contributed by atoms with E-state index in [0.717, 1.165) is 54.1 Å². The lowest BCUT2D eigenvalue weighted by atomic mass is 10.0. The van der Waals surface area contributed by atoms with Gasteiger partial charge in [-0.2, -0.15) is 5.10 Å². The predicted octanol–water partition coefficient (Wildman–Crippen LogP) is 4.11. The third-order valence-corrected chi connectivity index (χ3v) is 6.70. The highest BCUT2D eigenvalue weighted by molar-refractivity contribution is 5.93. The van der Waals surface area contributed by atoms with Crippen LogP contribution in [0.1, 0.15) is 23.6 Å². The summed E-state index contributed by atoms with van der Waals surface area (Å²) in [6, 6.07) is 17.6. The molecule has 8 nitrogen and oxygen atoms in total. The Morgan fingerprint density at radius 3 is 2.86 bits per heavy atom. The van der Waals surface area contributed by atoms with Crippen molar-refractivity contribution in [1.29, 1.82) is 0 Å². The summed E-state index contributed by atoms with van der Waals surface area (Å²) >= 11 is 0. The summed E-state index contributed by atoms with van der Waals surface area (Å²) in [6.07, 6.45) is 6.00. The number of pyridine rings is 1. The van der Waals surface area contributed by atoms with Crippen molar-refractivity contribution in [3.63, 3.8) is 0 Å². The van der Waals surface area contributed by atoms with Crippen LogP contribution in [-0.2, 0) is 6.42 Å². The molecular weight excluding hydrogens is 436 g/mol. The third-order valence-electron chi connectivity index (χ3n) is 6.70. The van der Waals surface area contributed by atoms with Crippen LogP contribution in [0.5, 0.6) is 0 Å². The van der Waals surface area contributed by atoms with E-state index in [1.54, 1.807) is 17.2 Å². The lowest BCUT2D eigenvalue weighted by Crippen LogP contribution is -2.49. The number of nitrogens with zero attached hydrogens (tertiary/aromatic N) is 6. The highest BCUT2D eigenvalue weighted by atomic mass is 15.3. The van der Waals surface area contributed by atoms with Crippen molar-refractivity contribution in [2.24, 2.45) is 0 Å². The van der Waals surface area contributed by atoms with E-state index in [-0.39, 0.29) is 0 Å². The second-order valence-corrected chi connectivity index (χ2v) is 9.27. The average Bonchev–Trinajstić information content (AvgIpc) is 3.34. The van der Waals surface area contributed by atoms with Gasteiger partial charge in [-0.3, -0.25) is 0 Å². The first kappa shape index (κ1) is 21.5. The Balaban J connectivity index is 1.25. The topological polar surface area (TPSA) is 83.3 Å². The summed E-state index contributed by atoms with van der Waals surface area (Å²) in [5, 5.41) is 12.2. The molecule has 0 spiro atoms. The summed E-state index contributed by atoms with van der Waals surface area (Å²) in [5.74, 6) is 0.824. The quantitative estimate of drug-likeness (QED) is 0.405. The molecule has 176 valence electrons. The van der Waals surface area contributed by atoms with E-state index in [2.05, 4.69) is 98.0 Å². The maximum absolute atomic E-state index is 4.58. The molecule has 1 atom stereocenters. The SMILES string of the molecule is Cc1cc(Nc2ncnc3ccc(N4CCNC(C)C4)cc23)ccc1Cc1ccn2ncnc2c1. The molecule has 0 amide bonds. The van der Waals surface area contributed by atoms with Crippen molar-refractivity contribution >= 4 is 33.7 Å². The molecule has 6 rings (SSSR count). The Morgan fingerprint density at radius 2 is 1.97 bits per heavy atom. The Morgan fingerprint density at radius 1 is 1.03 bits per heavy atom. The first-order chi connectivity index (χ1) is 17.1. The molecule has 1 saturated heterocycles. The fourth-order valence-corrected chi connectivity index (χ4v) is 4.80. The van der Waals surface area contributed by atoms with E-state index in [1.807, 2.05) is 6.20 Å². The number of fused-ring (bicyclic) bond motifs is 2. The maximum atomic E-state index is 4.58. The van der Waals surface area contributed by atoms with Gasteiger partial charge in [0, 0.05) is 48.6 Å². The highest BCUT2D eigenvalue weighted by Crippen LogP contribution is 2.29. The fraction of sp³-hybridized carbons (Fsp3) is 0.259. The van der Waals surface area contributed by atoms with Crippen molar-refractivity contribution in [3.8, 4) is 0 Å². The van der Waals surface area contributed by atoms with Gasteiger partial charge in [0.25, 0.3) is 0 Å². The zero-order chi connectivity index (χ0) is 23.8. The van der Waals surface area contributed by atoms with E-state index < -0.39 is 0 Å². The number of benzene rings is 2. The molecule has 0 saturated carbocycles. The van der Waals surface area contributed by atoms with E-state index in [0.29, 0.717) is 6.04 Å². The monoisotopic (exact) mass is 464 g/mol. The van der Waals surface area contributed by atoms with Gasteiger partial charge in [-0.25, -0.2) is 19.5 Å². The number of rotatable bonds is 5. The Hall–Kier alpha value is -4.04. The average molecular weight is 465 g/mol. The molecular formula is C27H28N8. The summed E-state index contributed by atoms with van der Waals surface area (Å²) in [5.41, 5.74) is 7.74. The molecule has 0 bridgehead atoms. The fourth-order valence-electron chi connectivity index (χ4n) is 4.80. The van der Waals surface area contributed by atoms with Crippen molar-refractivity contribution in [2.75, 3.05) is 29.9 Å². The number of piperazine rings is 1. The zero-order valence-corrected chi connectivity index (χ0v) is 19.9. The number of nitrogens with one attached hydrogen (secondary N) is 2. The zero-order valence-electron chi connectivity index (χ0n) is 19.9. The van der Waals surface area contributed by atoms with Gasteiger partial charge in [0.05, 0.1) is 5.52 Å². The van der Waals surface area contributed by atoms with Crippen LogP contribution in [0.3, 0.4) is 0 Å². The molecule has 1 unspecified atom stereocenters. The first-order valence-corrected chi connectivity index (χ1v) is 12.0. The number of aryl methyl sites for hydroxylation is 1. The van der Waals surface area contributed by atoms with E-state index in [9.17, 15) is 0 Å². The molecule has 4 heterocycles. The number of anilines is 3. The number of hydrogen-bond donors (Lipinski definition) is 2. The van der Waals surface area contributed by atoms with Crippen molar-refractivity contribution in [2.45, 2.75) is 26.3 Å². The molecule has 2 N–H and O–H groups in total. The Bertz CT molecular complexity index is 1510. The van der Waals surface area contributed by atoms with Gasteiger partial charge < -0.3 is 15.5 Å². The molecule has 3 aromatic heterocycles. The van der Waals surface area contributed by atoms with Crippen molar-refractivity contribution in [1.82, 2.24) is 29.9 Å². The molecule has 8 heteroatoms. The van der Waals surface area contributed by atoms with Crippen LogP contribution in [0.4, 0.5) is 17.2 Å². The Labute approximate surface area is 204 Å². The second-order valence-electron chi connectivity index (χ2n) is 9.27. The van der Waals surface area contributed by atoms with Crippen LogP contribution < -0.4 is 15.5 Å². The van der Waals surface area contributed by atoms with Crippen molar-refractivity contribution < 1.29 is 0 Å². The molecule has 0 aliphatic carbocycles. The van der Waals surface area contributed by atoms with Gasteiger partial charge in [-0.15, -0.1) is 0 Å². The van der Waals surface area contributed by atoms with Gasteiger partial charge >= 0.3 is 0 Å². The first-order valence-electron chi connectivity index (χ1n) is 12.0. The minimum atomic E-state index is 0.476. The normalized spacial score (nSPS) is 16.2. The third kappa shape index (κ3) is 4.40. The number of aromatic nitrogens is 5. The van der Waals surface area contributed by atoms with Gasteiger partial charge in [-0.05, 0) is 79.4 Å². The van der Waals surface area contributed by atoms with Gasteiger partial charge in [0.1, 0.15) is 18.5 Å². The molecule has 2 aromatic carbocycles. The summed E-state index contributed by atoms with van der Waals surface area (Å²) in [4.78, 5) is 15.8. The predicted molar refractivity (Wildman–Crippen MR) is 139 cm³/mol. The molecule has 0 radical (unpaired) electrons. The van der Waals surface area contributed by atoms with Crippen LogP contribution in [0.15, 0.2) is 67.4 Å². The molecule has 1 aliphatic rings. The van der Waals surface area contributed by atoms with E-state index in [1.165, 1.54) is 22.4 Å². The lowest BCUT2D eigenvalue weighted by molar-refractivity contribution is 0.485. The summed E-state index contributed by atoms with van der Waals surface area (Å²) in [7, 11) is 0. The smallest absolute Gasteiger partial charge is 0.155 e. The van der Waals surface area contributed by atoms with Gasteiger partial charge in [-0.1, -0.05) is 6.07 Å². The summed E-state index contributed by atoms with van der Waals surface area (Å²) in [6.45, 7) is 7.36. The molecule has 1 fully saturated rings. The van der Waals surface area contributed by atoms with Crippen LogP contribution in [0, 0.1) is 6.92 Å². The second kappa shape index (κ2) is 8.96. The van der Waals surface area contributed by atoms with E-state index >= 15 is 0 Å². The van der Waals surface area contributed by atoms with Crippen molar-refractivity contribution in [3.05, 3.63) is 84.1 Å². The van der Waals surface area contributed by atoms with E-state index in [4.69, 9.17) is 0 Å².